The molecular weight excluding hydrogens is 580 g/mol. The van der Waals surface area contributed by atoms with Gasteiger partial charge in [-0.1, -0.05) is 31.9 Å². The van der Waals surface area contributed by atoms with Crippen molar-refractivity contribution in [1.82, 2.24) is 4.68 Å². The summed E-state index contributed by atoms with van der Waals surface area (Å²) in [5, 5.41) is 6.10. The van der Waals surface area contributed by atoms with Crippen LogP contribution in [0.4, 0.5) is 11.4 Å². The van der Waals surface area contributed by atoms with Gasteiger partial charge >= 0.3 is 11.8 Å². The molecule has 0 radical (unpaired) electrons. The van der Waals surface area contributed by atoms with Crippen molar-refractivity contribution in [2.45, 2.75) is 6.92 Å². The minimum Gasteiger partial charge on any atom is -0.497 e. The average Bonchev–Trinajstić information content (AvgIpc) is 3.18. The molecular formula is C25H20Br2N4O4. The first-order valence-electron chi connectivity index (χ1n) is 10.4. The number of nitrogens with one attached hydrogen (secondary N) is 3. The second kappa shape index (κ2) is 10.3. The van der Waals surface area contributed by atoms with E-state index in [2.05, 4.69) is 47.9 Å². The van der Waals surface area contributed by atoms with E-state index in [1.807, 2.05) is 25.1 Å². The molecule has 10 heteroatoms. The predicted octanol–water partition coefficient (Wildman–Crippen LogP) is 5.44. The zero-order chi connectivity index (χ0) is 25.1. The van der Waals surface area contributed by atoms with Crippen LogP contribution >= 0.6 is 31.9 Å². The van der Waals surface area contributed by atoms with Crippen LogP contribution in [0.5, 0.6) is 5.75 Å². The Labute approximate surface area is 217 Å². The summed E-state index contributed by atoms with van der Waals surface area (Å²) < 4.78 is 8.10. The van der Waals surface area contributed by atoms with E-state index in [1.165, 1.54) is 11.8 Å². The van der Waals surface area contributed by atoms with E-state index in [1.54, 1.807) is 48.5 Å². The Morgan fingerprint density at radius 3 is 2.20 bits per heavy atom. The lowest BCUT2D eigenvalue weighted by atomic mass is 10.2. The molecule has 178 valence electrons. The van der Waals surface area contributed by atoms with Crippen LogP contribution in [-0.2, 0) is 9.59 Å². The van der Waals surface area contributed by atoms with Crippen LogP contribution in [0, 0.1) is 6.92 Å². The summed E-state index contributed by atoms with van der Waals surface area (Å²) in [5.41, 5.74) is 5.17. The first-order chi connectivity index (χ1) is 16.7. The molecule has 4 aromatic rings. The zero-order valence-corrected chi connectivity index (χ0v) is 21.9. The smallest absolute Gasteiger partial charge is 0.328 e. The molecule has 1 aromatic heterocycles. The molecule has 8 nitrogen and oxygen atoms in total. The molecule has 1 heterocycles. The third kappa shape index (κ3) is 5.55. The predicted molar refractivity (Wildman–Crippen MR) is 142 cm³/mol. The molecule has 0 bridgehead atoms. The maximum atomic E-state index is 13.2. The van der Waals surface area contributed by atoms with E-state index in [0.717, 1.165) is 14.5 Å². The average molecular weight is 600 g/mol. The molecule has 0 saturated carbocycles. The van der Waals surface area contributed by atoms with Crippen molar-refractivity contribution in [1.29, 1.82) is 0 Å². The van der Waals surface area contributed by atoms with Crippen molar-refractivity contribution < 1.29 is 19.1 Å². The summed E-state index contributed by atoms with van der Waals surface area (Å²) in [4.78, 5) is 38.5. The summed E-state index contributed by atoms with van der Waals surface area (Å²) in [7, 11) is 1.53. The first kappa shape index (κ1) is 24.5. The molecule has 0 aliphatic rings. The molecule has 3 aromatic carbocycles. The SMILES string of the molecule is COc1ccc(NC(=O)C(=O)Nn2c(C(=O)Nc3ccc(Br)cc3C)cc3cc(Br)ccc32)cc1. The lowest BCUT2D eigenvalue weighted by molar-refractivity contribution is -0.133. The van der Waals surface area contributed by atoms with Gasteiger partial charge in [0, 0.05) is 25.7 Å². The number of ether oxygens (including phenoxy) is 1. The fraction of sp³-hybridized carbons (Fsp3) is 0.0800. The molecule has 0 aliphatic carbocycles. The number of carbonyl (C=O) groups excluding carboxylic acids is 3. The van der Waals surface area contributed by atoms with Crippen LogP contribution in [0.2, 0.25) is 0 Å². The Bertz CT molecular complexity index is 1450. The van der Waals surface area contributed by atoms with Crippen LogP contribution in [-0.4, -0.2) is 29.5 Å². The Hall–Kier alpha value is -3.63. The van der Waals surface area contributed by atoms with Gasteiger partial charge in [-0.15, -0.1) is 0 Å². The number of amides is 3. The Kier molecular flexibility index (Phi) is 7.23. The normalized spacial score (nSPS) is 10.6. The van der Waals surface area contributed by atoms with E-state index in [4.69, 9.17) is 4.74 Å². The van der Waals surface area contributed by atoms with Gasteiger partial charge in [0.25, 0.3) is 5.91 Å². The Balaban J connectivity index is 1.61. The molecule has 0 fully saturated rings. The highest BCUT2D eigenvalue weighted by Crippen LogP contribution is 2.25. The van der Waals surface area contributed by atoms with Gasteiger partial charge in [0.1, 0.15) is 11.4 Å². The molecule has 0 atom stereocenters. The van der Waals surface area contributed by atoms with Crippen LogP contribution < -0.4 is 20.8 Å². The molecule has 0 aliphatic heterocycles. The number of aryl methyl sites for hydroxylation is 1. The van der Waals surface area contributed by atoms with Crippen molar-refractivity contribution in [3.8, 4) is 5.75 Å². The van der Waals surface area contributed by atoms with E-state index < -0.39 is 17.7 Å². The molecule has 3 N–H and O–H groups in total. The van der Waals surface area contributed by atoms with Gasteiger partial charge in [-0.25, -0.2) is 4.68 Å². The van der Waals surface area contributed by atoms with Gasteiger partial charge in [0.15, 0.2) is 0 Å². The number of anilines is 2. The number of benzene rings is 3. The lowest BCUT2D eigenvalue weighted by Gasteiger charge is -2.14. The topological polar surface area (TPSA) is 101 Å². The largest absolute Gasteiger partial charge is 0.497 e. The van der Waals surface area contributed by atoms with Gasteiger partial charge in [0.05, 0.1) is 12.6 Å². The van der Waals surface area contributed by atoms with Gasteiger partial charge < -0.3 is 15.4 Å². The van der Waals surface area contributed by atoms with E-state index in [9.17, 15) is 14.4 Å². The highest BCUT2D eigenvalue weighted by molar-refractivity contribution is 9.10. The Morgan fingerprint density at radius 1 is 0.829 bits per heavy atom. The third-order valence-electron chi connectivity index (χ3n) is 5.20. The number of aromatic nitrogens is 1. The van der Waals surface area contributed by atoms with Crippen LogP contribution in [0.15, 0.2) is 75.7 Å². The number of rotatable bonds is 5. The monoisotopic (exact) mass is 598 g/mol. The van der Waals surface area contributed by atoms with Gasteiger partial charge in [-0.2, -0.15) is 0 Å². The number of hydrogen-bond acceptors (Lipinski definition) is 4. The lowest BCUT2D eigenvalue weighted by Crippen LogP contribution is -2.36. The van der Waals surface area contributed by atoms with Crippen LogP contribution in [0.25, 0.3) is 10.9 Å². The molecule has 0 saturated heterocycles. The standard InChI is InChI=1S/C25H20Br2N4O4/c1-14-11-16(26)3-9-20(14)29-23(32)22-13-15-12-17(27)4-10-21(15)31(22)30-25(34)24(33)28-18-5-7-19(35-2)8-6-18/h3-13H,1-2H3,(H,28,33)(H,29,32)(H,30,34). The first-order valence-corrected chi connectivity index (χ1v) is 12.0. The van der Waals surface area contributed by atoms with E-state index in [-0.39, 0.29) is 5.69 Å². The second-order valence-electron chi connectivity index (χ2n) is 7.61. The van der Waals surface area contributed by atoms with Crippen molar-refractivity contribution >= 4 is 71.9 Å². The van der Waals surface area contributed by atoms with Crippen molar-refractivity contribution in [2.24, 2.45) is 0 Å². The zero-order valence-electron chi connectivity index (χ0n) is 18.7. The van der Waals surface area contributed by atoms with E-state index >= 15 is 0 Å². The minimum absolute atomic E-state index is 0.158. The quantitative estimate of drug-likeness (QED) is 0.266. The summed E-state index contributed by atoms with van der Waals surface area (Å²) in [5.74, 6) is -1.65. The van der Waals surface area contributed by atoms with Crippen molar-refractivity contribution in [3.05, 3.63) is 86.9 Å². The number of halogens is 2. The minimum atomic E-state index is -0.935. The van der Waals surface area contributed by atoms with E-state index in [0.29, 0.717) is 28.0 Å². The van der Waals surface area contributed by atoms with Crippen molar-refractivity contribution in [2.75, 3.05) is 23.2 Å². The van der Waals surface area contributed by atoms with Gasteiger partial charge in [-0.3, -0.25) is 19.8 Å². The fourth-order valence-electron chi connectivity index (χ4n) is 3.44. The summed E-state index contributed by atoms with van der Waals surface area (Å²) in [6.45, 7) is 1.87. The summed E-state index contributed by atoms with van der Waals surface area (Å²) in [6.07, 6.45) is 0. The van der Waals surface area contributed by atoms with Crippen molar-refractivity contribution in [3.63, 3.8) is 0 Å². The van der Waals surface area contributed by atoms with Crippen LogP contribution in [0.1, 0.15) is 16.1 Å². The highest BCUT2D eigenvalue weighted by atomic mass is 79.9. The fourth-order valence-corrected chi connectivity index (χ4v) is 4.30. The number of carbonyl (C=O) groups is 3. The maximum Gasteiger partial charge on any atom is 0.328 e. The second-order valence-corrected chi connectivity index (χ2v) is 9.44. The van der Waals surface area contributed by atoms with Crippen LogP contribution in [0.3, 0.4) is 0 Å². The number of fused-ring (bicyclic) bond motifs is 1. The molecule has 0 unspecified atom stereocenters. The Morgan fingerprint density at radius 2 is 1.51 bits per heavy atom. The third-order valence-corrected chi connectivity index (χ3v) is 6.19. The van der Waals surface area contributed by atoms with Gasteiger partial charge in [0.2, 0.25) is 0 Å². The maximum absolute atomic E-state index is 13.2. The molecule has 0 spiro atoms. The highest BCUT2D eigenvalue weighted by Gasteiger charge is 2.21. The molecule has 35 heavy (non-hydrogen) atoms. The number of methoxy groups -OCH3 is 1. The summed E-state index contributed by atoms with van der Waals surface area (Å²) >= 11 is 6.83. The van der Waals surface area contributed by atoms with Gasteiger partial charge in [-0.05, 0) is 79.2 Å². The summed E-state index contributed by atoms with van der Waals surface area (Å²) in [6, 6.07) is 19.0. The molecule has 3 amide bonds. The number of nitrogens with zero attached hydrogens (tertiary/aromatic N) is 1. The molecule has 4 rings (SSSR count). The number of hydrogen-bond donors (Lipinski definition) is 3.